The van der Waals surface area contributed by atoms with Crippen molar-refractivity contribution in [1.29, 1.82) is 0 Å². The van der Waals surface area contributed by atoms with E-state index < -0.39 is 12.0 Å². The molecule has 0 bridgehead atoms. The van der Waals surface area contributed by atoms with Gasteiger partial charge in [0.05, 0.1) is 6.61 Å². The molecule has 0 fully saturated rings. The highest BCUT2D eigenvalue weighted by Crippen LogP contribution is 2.13. The van der Waals surface area contributed by atoms with Gasteiger partial charge in [-0.3, -0.25) is 4.79 Å². The van der Waals surface area contributed by atoms with Gasteiger partial charge < -0.3 is 15.2 Å². The molecule has 1 aromatic carbocycles. The number of carbonyl (C=O) groups excluding carboxylic acids is 1. The lowest BCUT2D eigenvalue weighted by Crippen LogP contribution is -2.40. The molecular formula is C16H23NO4. The van der Waals surface area contributed by atoms with Crippen LogP contribution in [0.25, 0.3) is 0 Å². The lowest BCUT2D eigenvalue weighted by Gasteiger charge is -2.12. The zero-order valence-electron chi connectivity index (χ0n) is 12.6. The zero-order valence-corrected chi connectivity index (χ0v) is 12.6. The predicted octanol–water partition coefficient (Wildman–Crippen LogP) is 2.85. The van der Waals surface area contributed by atoms with Gasteiger partial charge in [-0.15, -0.1) is 0 Å². The Labute approximate surface area is 125 Å². The molecule has 1 aromatic rings. The van der Waals surface area contributed by atoms with E-state index >= 15 is 0 Å². The van der Waals surface area contributed by atoms with Gasteiger partial charge in [0.2, 0.25) is 0 Å². The van der Waals surface area contributed by atoms with E-state index in [1.807, 2.05) is 0 Å². The summed E-state index contributed by atoms with van der Waals surface area (Å²) in [5.74, 6) is -0.698. The number of benzene rings is 1. The topological polar surface area (TPSA) is 75.6 Å². The molecule has 1 atom stereocenters. The number of unbranched alkanes of at least 4 members (excludes halogenated alkanes) is 2. The maximum absolute atomic E-state index is 11.9. The number of aliphatic carboxylic acids is 1. The summed E-state index contributed by atoms with van der Waals surface area (Å²) in [6, 6.07) is 5.87. The number of amides is 1. The fraction of sp³-hybridized carbons (Fsp3) is 0.500. The summed E-state index contributed by atoms with van der Waals surface area (Å²) in [4.78, 5) is 22.8. The van der Waals surface area contributed by atoms with E-state index in [1.54, 1.807) is 31.2 Å². The first-order valence-electron chi connectivity index (χ1n) is 7.35. The third kappa shape index (κ3) is 5.85. The first kappa shape index (κ1) is 17.0. The maximum atomic E-state index is 11.9. The van der Waals surface area contributed by atoms with Gasteiger partial charge in [0.15, 0.2) is 0 Å². The monoisotopic (exact) mass is 293 g/mol. The van der Waals surface area contributed by atoms with Crippen LogP contribution < -0.4 is 10.1 Å². The Bertz CT molecular complexity index is 456. The van der Waals surface area contributed by atoms with E-state index in [9.17, 15) is 9.59 Å². The minimum atomic E-state index is -1.03. The fourth-order valence-electron chi connectivity index (χ4n) is 1.82. The van der Waals surface area contributed by atoms with E-state index in [0.717, 1.165) is 19.3 Å². The van der Waals surface area contributed by atoms with Crippen molar-refractivity contribution in [2.75, 3.05) is 6.61 Å². The Balaban J connectivity index is 2.52. The molecule has 0 saturated carbocycles. The Kier molecular flexibility index (Phi) is 7.29. The lowest BCUT2D eigenvalue weighted by molar-refractivity contribution is -0.139. The normalized spacial score (nSPS) is 11.7. The maximum Gasteiger partial charge on any atom is 0.326 e. The van der Waals surface area contributed by atoms with Gasteiger partial charge in [-0.25, -0.2) is 4.79 Å². The van der Waals surface area contributed by atoms with Crippen LogP contribution in [0.4, 0.5) is 0 Å². The molecule has 0 spiro atoms. The SMILES string of the molecule is CCCCCOc1ccc(C(=O)NC(CC)C(=O)O)cc1. The quantitative estimate of drug-likeness (QED) is 0.686. The molecule has 21 heavy (non-hydrogen) atoms. The molecule has 1 unspecified atom stereocenters. The van der Waals surface area contributed by atoms with Crippen LogP contribution in [0.3, 0.4) is 0 Å². The molecule has 2 N–H and O–H groups in total. The molecular weight excluding hydrogens is 270 g/mol. The van der Waals surface area contributed by atoms with Crippen LogP contribution in [0.1, 0.15) is 49.9 Å². The summed E-state index contributed by atoms with van der Waals surface area (Å²) in [6.07, 6.45) is 3.63. The molecule has 0 aliphatic carbocycles. The van der Waals surface area contributed by atoms with Gasteiger partial charge >= 0.3 is 5.97 Å². The van der Waals surface area contributed by atoms with Crippen LogP contribution in [-0.2, 0) is 4.79 Å². The van der Waals surface area contributed by atoms with Gasteiger partial charge in [-0.1, -0.05) is 26.7 Å². The van der Waals surface area contributed by atoms with Gasteiger partial charge in [-0.05, 0) is 37.1 Å². The number of hydrogen-bond acceptors (Lipinski definition) is 3. The summed E-state index contributed by atoms with van der Waals surface area (Å²) < 4.78 is 5.56. The average Bonchev–Trinajstić information content (AvgIpc) is 2.49. The molecule has 0 aromatic heterocycles. The third-order valence-corrected chi connectivity index (χ3v) is 3.14. The van der Waals surface area contributed by atoms with E-state index in [1.165, 1.54) is 0 Å². The van der Waals surface area contributed by atoms with Crippen LogP contribution in [-0.4, -0.2) is 29.6 Å². The Morgan fingerprint density at radius 3 is 2.38 bits per heavy atom. The second-order valence-electron chi connectivity index (χ2n) is 4.85. The Hall–Kier alpha value is -2.04. The third-order valence-electron chi connectivity index (χ3n) is 3.14. The number of carboxylic acid groups (broad SMARTS) is 1. The number of rotatable bonds is 9. The molecule has 1 amide bonds. The summed E-state index contributed by atoms with van der Waals surface area (Å²) in [5, 5.41) is 11.4. The molecule has 0 aliphatic heterocycles. The number of carbonyl (C=O) groups is 2. The van der Waals surface area contributed by atoms with Crippen molar-refractivity contribution in [2.24, 2.45) is 0 Å². The Morgan fingerprint density at radius 2 is 1.86 bits per heavy atom. The molecule has 5 heteroatoms. The molecule has 116 valence electrons. The highest BCUT2D eigenvalue weighted by molar-refractivity contribution is 5.96. The van der Waals surface area contributed by atoms with Crippen molar-refractivity contribution in [1.82, 2.24) is 5.32 Å². The van der Waals surface area contributed by atoms with Gasteiger partial charge in [0.25, 0.3) is 5.91 Å². The second kappa shape index (κ2) is 9.00. The van der Waals surface area contributed by atoms with E-state index in [0.29, 0.717) is 24.3 Å². The minimum absolute atomic E-state index is 0.347. The van der Waals surface area contributed by atoms with Crippen molar-refractivity contribution < 1.29 is 19.4 Å². The summed E-state index contributed by atoms with van der Waals surface area (Å²) in [7, 11) is 0. The van der Waals surface area contributed by atoms with E-state index in [4.69, 9.17) is 9.84 Å². The number of ether oxygens (including phenoxy) is 1. The first-order valence-corrected chi connectivity index (χ1v) is 7.35. The van der Waals surface area contributed by atoms with Crippen molar-refractivity contribution >= 4 is 11.9 Å². The standard InChI is InChI=1S/C16H23NO4/c1-3-5-6-11-21-13-9-7-12(8-10-13)15(18)17-14(4-2)16(19)20/h7-10,14H,3-6,11H2,1-2H3,(H,17,18)(H,19,20). The molecule has 1 rings (SSSR count). The van der Waals surface area contributed by atoms with Crippen molar-refractivity contribution in [3.05, 3.63) is 29.8 Å². The summed E-state index contributed by atoms with van der Waals surface area (Å²) >= 11 is 0. The number of carboxylic acids is 1. The highest BCUT2D eigenvalue weighted by Gasteiger charge is 2.18. The van der Waals surface area contributed by atoms with E-state index in [-0.39, 0.29) is 5.91 Å². The van der Waals surface area contributed by atoms with Crippen LogP contribution in [0.5, 0.6) is 5.75 Å². The predicted molar refractivity (Wildman–Crippen MR) is 80.6 cm³/mol. The van der Waals surface area contributed by atoms with Crippen molar-refractivity contribution in [3.63, 3.8) is 0 Å². The molecule has 0 radical (unpaired) electrons. The van der Waals surface area contributed by atoms with Crippen LogP contribution in [0, 0.1) is 0 Å². The van der Waals surface area contributed by atoms with Crippen LogP contribution in [0.15, 0.2) is 24.3 Å². The molecule has 0 heterocycles. The van der Waals surface area contributed by atoms with E-state index in [2.05, 4.69) is 12.2 Å². The molecule has 0 aliphatic rings. The van der Waals surface area contributed by atoms with Gasteiger partial charge in [0.1, 0.15) is 11.8 Å². The summed E-state index contributed by atoms with van der Waals surface area (Å²) in [5.41, 5.74) is 0.426. The molecule has 5 nitrogen and oxygen atoms in total. The highest BCUT2D eigenvalue weighted by atomic mass is 16.5. The largest absolute Gasteiger partial charge is 0.494 e. The van der Waals surface area contributed by atoms with Crippen LogP contribution >= 0.6 is 0 Å². The van der Waals surface area contributed by atoms with Crippen molar-refractivity contribution in [2.45, 2.75) is 45.6 Å². The smallest absolute Gasteiger partial charge is 0.326 e. The number of nitrogens with one attached hydrogen (secondary N) is 1. The van der Waals surface area contributed by atoms with Crippen LogP contribution in [0.2, 0.25) is 0 Å². The average molecular weight is 293 g/mol. The second-order valence-corrected chi connectivity index (χ2v) is 4.85. The summed E-state index contributed by atoms with van der Waals surface area (Å²) in [6.45, 7) is 4.51. The van der Waals surface area contributed by atoms with Gasteiger partial charge in [0, 0.05) is 5.56 Å². The first-order chi connectivity index (χ1) is 10.1. The number of hydrogen-bond donors (Lipinski definition) is 2. The van der Waals surface area contributed by atoms with Crippen molar-refractivity contribution in [3.8, 4) is 5.75 Å². The zero-order chi connectivity index (χ0) is 15.7. The Morgan fingerprint density at radius 1 is 1.19 bits per heavy atom. The van der Waals surface area contributed by atoms with Gasteiger partial charge in [-0.2, -0.15) is 0 Å². The molecule has 0 saturated heterocycles. The minimum Gasteiger partial charge on any atom is -0.494 e. The lowest BCUT2D eigenvalue weighted by atomic mass is 10.1. The fourth-order valence-corrected chi connectivity index (χ4v) is 1.82.